The Morgan fingerprint density at radius 3 is 1.59 bits per heavy atom. The lowest BCUT2D eigenvalue weighted by atomic mass is 10.0. The zero-order valence-corrected chi connectivity index (χ0v) is 20.2. The molecule has 1 atom stereocenters. The maximum atomic E-state index is 11.3. The van der Waals surface area contributed by atoms with Gasteiger partial charge in [-0.3, -0.25) is 4.48 Å². The molecule has 0 heterocycles. The molecule has 0 bridgehead atoms. The van der Waals surface area contributed by atoms with Crippen LogP contribution in [0.5, 0.6) is 0 Å². The van der Waals surface area contributed by atoms with Gasteiger partial charge in [0.05, 0.1) is 20.6 Å². The van der Waals surface area contributed by atoms with Gasteiger partial charge in [0, 0.05) is 13.0 Å². The Kier molecular flexibility index (Phi) is 20.3. The summed E-state index contributed by atoms with van der Waals surface area (Å²) in [6, 6.07) is 0. The third-order valence-electron chi connectivity index (χ3n) is 5.53. The summed E-state index contributed by atoms with van der Waals surface area (Å²) >= 11 is 0. The van der Waals surface area contributed by atoms with Gasteiger partial charge in [-0.05, 0) is 12.8 Å². The summed E-state index contributed by atoms with van der Waals surface area (Å²) in [5.74, 6) is -0.329. The molecule has 0 aliphatic rings. The number of unbranched alkanes of at least 4 members (excludes halogenated alkanes) is 13. The van der Waals surface area contributed by atoms with E-state index in [0.29, 0.717) is 0 Å². The molecule has 0 amide bonds. The molecule has 1 unspecified atom stereocenters. The molecule has 3 nitrogen and oxygen atoms in total. The molecule has 4 heteroatoms. The van der Waals surface area contributed by atoms with E-state index in [1.165, 1.54) is 96.0 Å². The average Bonchev–Trinajstić information content (AvgIpc) is 2.61. The molecule has 0 radical (unpaired) electrons. The fourth-order valence-electron chi connectivity index (χ4n) is 3.25. The molecule has 0 aromatic carbocycles. The Bertz CT molecular complexity index is 358. The van der Waals surface area contributed by atoms with E-state index in [-0.39, 0.29) is 29.2 Å². The Labute approximate surface area is 180 Å². The predicted molar refractivity (Wildman–Crippen MR) is 113 cm³/mol. The third-order valence-corrected chi connectivity index (χ3v) is 5.53. The first-order valence-electron chi connectivity index (χ1n) is 11.1. The van der Waals surface area contributed by atoms with Gasteiger partial charge in [0.25, 0.3) is 0 Å². The van der Waals surface area contributed by atoms with Crippen LogP contribution in [0.1, 0.15) is 104 Å². The third kappa shape index (κ3) is 17.5. The first kappa shape index (κ1) is 28.9. The van der Waals surface area contributed by atoms with Crippen LogP contribution in [0.25, 0.3) is 0 Å². The minimum absolute atomic E-state index is 0. The van der Waals surface area contributed by atoms with Crippen molar-refractivity contribution in [2.45, 2.75) is 110 Å². The zero-order chi connectivity index (χ0) is 19.7. The summed E-state index contributed by atoms with van der Waals surface area (Å²) < 4.78 is 6.07. The van der Waals surface area contributed by atoms with Crippen LogP contribution in [-0.4, -0.2) is 37.3 Å². The molecule has 0 spiro atoms. The van der Waals surface area contributed by atoms with Gasteiger partial charge in [-0.15, -0.1) is 0 Å². The summed E-state index contributed by atoms with van der Waals surface area (Å²) in [7, 11) is 4.26. The highest BCUT2D eigenvalue weighted by Gasteiger charge is 2.25. The zero-order valence-electron chi connectivity index (χ0n) is 18.6. The highest BCUT2D eigenvalue weighted by molar-refractivity contribution is 5.81. The lowest BCUT2D eigenvalue weighted by molar-refractivity contribution is -0.932. The van der Waals surface area contributed by atoms with Crippen LogP contribution in [0.4, 0.5) is 0 Å². The number of carbonyl (C=O) groups is 1. The van der Waals surface area contributed by atoms with Gasteiger partial charge in [-0.1, -0.05) is 90.6 Å². The van der Waals surface area contributed by atoms with Gasteiger partial charge in [0.15, 0.2) is 0 Å². The Balaban J connectivity index is 0. The van der Waals surface area contributed by atoms with Crippen molar-refractivity contribution in [2.24, 2.45) is 0 Å². The number of quaternary nitrogens is 1. The number of nitrogens with zero attached hydrogens (tertiary/aromatic N) is 1. The van der Waals surface area contributed by atoms with E-state index in [4.69, 9.17) is 4.74 Å². The maximum Gasteiger partial charge on any atom is 0.334 e. The molecule has 0 aromatic rings. The minimum atomic E-state index is -0.329. The lowest BCUT2D eigenvalue weighted by Crippen LogP contribution is -3.00. The van der Waals surface area contributed by atoms with Crippen molar-refractivity contribution in [2.75, 3.05) is 20.6 Å². The smallest absolute Gasteiger partial charge is 0.334 e. The first-order chi connectivity index (χ1) is 12.4. The van der Waals surface area contributed by atoms with E-state index in [9.17, 15) is 4.79 Å². The lowest BCUT2D eigenvalue weighted by Gasteiger charge is -2.34. The quantitative estimate of drug-likeness (QED) is 0.105. The monoisotopic (exact) mass is 447 g/mol. The summed E-state index contributed by atoms with van der Waals surface area (Å²) in [5.41, 5.74) is 0. The summed E-state index contributed by atoms with van der Waals surface area (Å²) in [5, 5.41) is 0. The van der Waals surface area contributed by atoms with Crippen LogP contribution in [0.2, 0.25) is 0 Å². The van der Waals surface area contributed by atoms with Gasteiger partial charge in [0.1, 0.15) is 0 Å². The first-order valence-corrected chi connectivity index (χ1v) is 11.1. The van der Waals surface area contributed by atoms with Crippen LogP contribution >= 0.6 is 0 Å². The van der Waals surface area contributed by atoms with Gasteiger partial charge in [-0.25, -0.2) is 4.79 Å². The molecule has 0 saturated heterocycles. The second-order valence-electron chi connectivity index (χ2n) is 8.34. The van der Waals surface area contributed by atoms with Crippen LogP contribution in [0.15, 0.2) is 12.7 Å². The summed E-state index contributed by atoms with van der Waals surface area (Å²) in [6.07, 6.45) is 20.4. The van der Waals surface area contributed by atoms with Crippen molar-refractivity contribution in [1.29, 1.82) is 0 Å². The number of rotatable bonds is 18. The molecule has 0 rings (SSSR count). The summed E-state index contributed by atoms with van der Waals surface area (Å²) in [6.45, 7) is 8.74. The van der Waals surface area contributed by atoms with Crippen molar-refractivity contribution in [3.05, 3.63) is 12.7 Å². The molecule has 0 saturated carbocycles. The van der Waals surface area contributed by atoms with E-state index in [1.54, 1.807) is 0 Å². The second kappa shape index (κ2) is 19.0. The number of hydrogen-bond acceptors (Lipinski definition) is 2. The van der Waals surface area contributed by atoms with E-state index in [1.807, 2.05) is 6.92 Å². The number of carbonyl (C=O) groups excluding carboxylic acids is 1. The molecular weight excluding hydrogens is 402 g/mol. The Morgan fingerprint density at radius 1 is 0.852 bits per heavy atom. The van der Waals surface area contributed by atoms with Gasteiger partial charge < -0.3 is 21.7 Å². The SMILES string of the molecule is C=CC(=O)OC(C)[N+](C)(C)CCCCCCCCCCCCCCCC.[Br-]. The molecule has 0 aliphatic carbocycles. The van der Waals surface area contributed by atoms with Gasteiger partial charge >= 0.3 is 5.97 Å². The van der Waals surface area contributed by atoms with Crippen LogP contribution < -0.4 is 17.0 Å². The Morgan fingerprint density at radius 2 is 1.22 bits per heavy atom. The predicted octanol–water partition coefficient (Wildman–Crippen LogP) is 3.62. The minimum Gasteiger partial charge on any atom is -1.00 e. The summed E-state index contributed by atoms with van der Waals surface area (Å²) in [4.78, 5) is 11.3. The number of esters is 1. The number of ether oxygens (including phenoxy) is 1. The average molecular weight is 449 g/mol. The van der Waals surface area contributed by atoms with Crippen molar-refractivity contribution in [3.63, 3.8) is 0 Å². The maximum absolute atomic E-state index is 11.3. The largest absolute Gasteiger partial charge is 1.00 e. The van der Waals surface area contributed by atoms with Crippen molar-refractivity contribution in [3.8, 4) is 0 Å². The van der Waals surface area contributed by atoms with E-state index < -0.39 is 0 Å². The van der Waals surface area contributed by atoms with E-state index >= 15 is 0 Å². The van der Waals surface area contributed by atoms with Crippen molar-refractivity contribution < 1.29 is 31.0 Å². The molecule has 0 N–H and O–H groups in total. The van der Waals surface area contributed by atoms with E-state index in [2.05, 4.69) is 27.6 Å². The Hall–Kier alpha value is -0.350. The highest BCUT2D eigenvalue weighted by Crippen LogP contribution is 2.15. The molecule has 27 heavy (non-hydrogen) atoms. The molecule has 0 aliphatic heterocycles. The van der Waals surface area contributed by atoms with Crippen LogP contribution in [-0.2, 0) is 9.53 Å². The molecule has 162 valence electrons. The normalized spacial score (nSPS) is 12.3. The molecule has 0 fully saturated rings. The fraction of sp³-hybridized carbons (Fsp3) is 0.870. The van der Waals surface area contributed by atoms with Crippen LogP contribution in [0, 0.1) is 0 Å². The fourth-order valence-corrected chi connectivity index (χ4v) is 3.25. The van der Waals surface area contributed by atoms with Crippen molar-refractivity contribution in [1.82, 2.24) is 0 Å². The standard InChI is InChI=1S/C23H46NO2.BrH/c1-6-8-9-10-11-12-13-14-15-16-17-18-19-20-21-24(4,5)22(3)26-23(25)7-2;/h7,22H,2,6,8-21H2,1,3-5H3;1H/q+1;/p-1. The number of hydrogen-bond donors (Lipinski definition) is 0. The molecular formula is C23H46BrNO2. The second-order valence-corrected chi connectivity index (χ2v) is 8.34. The number of halogens is 1. The highest BCUT2D eigenvalue weighted by atomic mass is 79.9. The van der Waals surface area contributed by atoms with E-state index in [0.717, 1.165) is 11.0 Å². The van der Waals surface area contributed by atoms with Gasteiger partial charge in [-0.2, -0.15) is 0 Å². The molecule has 0 aromatic heterocycles. The van der Waals surface area contributed by atoms with Crippen LogP contribution in [0.3, 0.4) is 0 Å². The van der Waals surface area contributed by atoms with Crippen molar-refractivity contribution >= 4 is 5.97 Å². The topological polar surface area (TPSA) is 26.3 Å². The van der Waals surface area contributed by atoms with Gasteiger partial charge in [0.2, 0.25) is 6.23 Å².